The maximum absolute atomic E-state index is 13.6. The van der Waals surface area contributed by atoms with Crippen molar-refractivity contribution in [3.05, 3.63) is 69.4 Å². The molecule has 0 fully saturated rings. The first-order valence-electron chi connectivity index (χ1n) is 8.20. The van der Waals surface area contributed by atoms with E-state index < -0.39 is 5.82 Å². The van der Waals surface area contributed by atoms with Crippen LogP contribution in [0.25, 0.3) is 0 Å². The molecule has 0 aliphatic heterocycles. The minimum atomic E-state index is -0.402. The summed E-state index contributed by atoms with van der Waals surface area (Å²) in [5.74, 6) is -0.352. The average Bonchev–Trinajstić information content (AvgIpc) is 3.22. The lowest BCUT2D eigenvalue weighted by atomic mass is 10.1. The minimum absolute atomic E-state index is 0.142. The van der Waals surface area contributed by atoms with Crippen molar-refractivity contribution in [2.45, 2.75) is 26.5 Å². The highest BCUT2D eigenvalue weighted by atomic mass is 32.1. The van der Waals surface area contributed by atoms with Crippen molar-refractivity contribution in [1.82, 2.24) is 15.1 Å². The number of rotatable bonds is 6. The number of para-hydroxylation sites is 1. The van der Waals surface area contributed by atoms with Crippen molar-refractivity contribution < 1.29 is 13.9 Å². The van der Waals surface area contributed by atoms with Gasteiger partial charge in [-0.1, -0.05) is 12.1 Å². The molecule has 0 aliphatic rings. The molecule has 3 rings (SSSR count). The van der Waals surface area contributed by atoms with Crippen LogP contribution in [-0.2, 0) is 13.7 Å². The molecule has 7 heteroatoms. The second-order valence-electron chi connectivity index (χ2n) is 6.04. The van der Waals surface area contributed by atoms with Crippen LogP contribution in [0.1, 0.15) is 39.5 Å². The molecular weight excluding hydrogens is 353 g/mol. The molecule has 0 bridgehead atoms. The van der Waals surface area contributed by atoms with Gasteiger partial charge < -0.3 is 10.1 Å². The molecule has 5 nitrogen and oxygen atoms in total. The van der Waals surface area contributed by atoms with E-state index in [1.165, 1.54) is 17.4 Å². The number of ether oxygens (including phenoxy) is 1. The summed E-state index contributed by atoms with van der Waals surface area (Å²) in [6.07, 6.45) is 1.77. The van der Waals surface area contributed by atoms with E-state index in [-0.39, 0.29) is 24.3 Å². The quantitative estimate of drug-likeness (QED) is 0.711. The van der Waals surface area contributed by atoms with Crippen molar-refractivity contribution in [3.63, 3.8) is 0 Å². The van der Waals surface area contributed by atoms with Crippen LogP contribution in [0.2, 0.25) is 0 Å². The molecule has 0 spiro atoms. The van der Waals surface area contributed by atoms with Gasteiger partial charge in [0.1, 0.15) is 6.61 Å². The van der Waals surface area contributed by atoms with Crippen molar-refractivity contribution in [2.24, 2.45) is 7.05 Å². The highest BCUT2D eigenvalue weighted by Gasteiger charge is 2.17. The maximum atomic E-state index is 13.6. The van der Waals surface area contributed by atoms with E-state index in [0.717, 1.165) is 16.8 Å². The van der Waals surface area contributed by atoms with Crippen molar-refractivity contribution in [2.75, 3.05) is 0 Å². The van der Waals surface area contributed by atoms with E-state index in [4.69, 9.17) is 4.74 Å². The molecule has 1 atom stereocenters. The Morgan fingerprint density at radius 2 is 2.19 bits per heavy atom. The molecule has 3 aromatic rings. The van der Waals surface area contributed by atoms with Crippen LogP contribution >= 0.6 is 11.3 Å². The van der Waals surface area contributed by atoms with Crippen LogP contribution in [-0.4, -0.2) is 15.7 Å². The number of hydrogen-bond acceptors (Lipinski definition) is 4. The summed E-state index contributed by atoms with van der Waals surface area (Å²) in [5.41, 5.74) is 2.83. The van der Waals surface area contributed by atoms with Crippen LogP contribution in [0.3, 0.4) is 0 Å². The third kappa shape index (κ3) is 3.94. The highest BCUT2D eigenvalue weighted by Crippen LogP contribution is 2.21. The van der Waals surface area contributed by atoms with Crippen LogP contribution in [0.4, 0.5) is 4.39 Å². The van der Waals surface area contributed by atoms with E-state index in [1.807, 2.05) is 26.3 Å². The number of nitrogens with zero attached hydrogens (tertiary/aromatic N) is 2. The Morgan fingerprint density at radius 3 is 2.88 bits per heavy atom. The van der Waals surface area contributed by atoms with Gasteiger partial charge in [-0.25, -0.2) is 4.39 Å². The molecule has 2 aromatic heterocycles. The van der Waals surface area contributed by atoms with Crippen LogP contribution in [0, 0.1) is 12.7 Å². The number of carbonyl (C=O) groups is 1. The number of benzene rings is 1. The Labute approximate surface area is 155 Å². The molecular formula is C19H20FN3O2S. The Kier molecular flexibility index (Phi) is 5.37. The molecule has 0 saturated heterocycles. The fourth-order valence-corrected chi connectivity index (χ4v) is 3.38. The van der Waals surface area contributed by atoms with Gasteiger partial charge >= 0.3 is 0 Å². The average molecular weight is 373 g/mol. The molecule has 0 radical (unpaired) electrons. The molecule has 0 saturated carbocycles. The zero-order valence-corrected chi connectivity index (χ0v) is 15.6. The molecule has 1 unspecified atom stereocenters. The second-order valence-corrected chi connectivity index (χ2v) is 6.95. The first-order valence-corrected chi connectivity index (χ1v) is 9.07. The van der Waals surface area contributed by atoms with E-state index in [2.05, 4.69) is 10.4 Å². The number of halogens is 1. The first-order chi connectivity index (χ1) is 12.5. The predicted molar refractivity (Wildman–Crippen MR) is 98.9 cm³/mol. The van der Waals surface area contributed by atoms with Crippen molar-refractivity contribution in [3.8, 4) is 5.75 Å². The highest BCUT2D eigenvalue weighted by molar-refractivity contribution is 7.12. The fraction of sp³-hybridized carbons (Fsp3) is 0.263. The second kappa shape index (κ2) is 7.70. The lowest BCUT2D eigenvalue weighted by molar-refractivity contribution is 0.0944. The number of hydrogen-bond donors (Lipinski definition) is 1. The van der Waals surface area contributed by atoms with Crippen molar-refractivity contribution >= 4 is 17.2 Å². The summed E-state index contributed by atoms with van der Waals surface area (Å²) < 4.78 is 20.8. The number of thiophene rings is 1. The molecule has 26 heavy (non-hydrogen) atoms. The summed E-state index contributed by atoms with van der Waals surface area (Å²) in [7, 11) is 1.87. The Hall–Kier alpha value is -2.67. The zero-order chi connectivity index (χ0) is 18.7. The zero-order valence-electron chi connectivity index (χ0n) is 14.8. The van der Waals surface area contributed by atoms with E-state index in [0.29, 0.717) is 4.88 Å². The summed E-state index contributed by atoms with van der Waals surface area (Å²) in [5, 5.41) is 9.03. The van der Waals surface area contributed by atoms with Gasteiger partial charge in [0, 0.05) is 23.9 Å². The number of nitrogens with one attached hydrogen (secondary N) is 1. The summed E-state index contributed by atoms with van der Waals surface area (Å²) in [6, 6.07) is 7.88. The first kappa shape index (κ1) is 18.1. The molecule has 136 valence electrons. The molecule has 1 aromatic carbocycles. The fourth-order valence-electron chi connectivity index (χ4n) is 2.58. The molecule has 1 N–H and O–H groups in total. The standard InChI is InChI=1S/C19H20FN3O2S/c1-12(15-9-21-23(3)13(15)2)22-19(24)18-8-14(11-26-18)10-25-17-7-5-4-6-16(17)20/h4-9,11-12H,10H2,1-3H3,(H,22,24). The maximum Gasteiger partial charge on any atom is 0.261 e. The minimum Gasteiger partial charge on any atom is -0.486 e. The third-order valence-corrected chi connectivity index (χ3v) is 5.17. The van der Waals surface area contributed by atoms with Gasteiger partial charge in [-0.05, 0) is 37.4 Å². The SMILES string of the molecule is Cc1c(C(C)NC(=O)c2cc(COc3ccccc3F)cs2)cnn1C. The Bertz CT molecular complexity index is 919. The predicted octanol–water partition coefficient (Wildman–Crippen LogP) is 4.00. The molecule has 0 aliphatic carbocycles. The van der Waals surface area contributed by atoms with Crippen LogP contribution in [0.15, 0.2) is 41.9 Å². The number of aromatic nitrogens is 2. The van der Waals surface area contributed by atoms with Crippen molar-refractivity contribution in [1.29, 1.82) is 0 Å². The number of carbonyl (C=O) groups excluding carboxylic acids is 1. The summed E-state index contributed by atoms with van der Waals surface area (Å²) >= 11 is 1.34. The lowest BCUT2D eigenvalue weighted by Gasteiger charge is -2.13. The van der Waals surface area contributed by atoms with Gasteiger partial charge in [0.15, 0.2) is 11.6 Å². The van der Waals surface area contributed by atoms with Gasteiger partial charge in [0.25, 0.3) is 5.91 Å². The third-order valence-electron chi connectivity index (χ3n) is 4.20. The molecule has 2 heterocycles. The Balaban J connectivity index is 1.61. The van der Waals surface area contributed by atoms with Gasteiger partial charge in [-0.2, -0.15) is 5.10 Å². The van der Waals surface area contributed by atoms with Gasteiger partial charge in [-0.15, -0.1) is 11.3 Å². The van der Waals surface area contributed by atoms with E-state index in [9.17, 15) is 9.18 Å². The summed E-state index contributed by atoms with van der Waals surface area (Å²) in [4.78, 5) is 13.0. The van der Waals surface area contributed by atoms with Crippen LogP contribution < -0.4 is 10.1 Å². The topological polar surface area (TPSA) is 56.1 Å². The van der Waals surface area contributed by atoms with Crippen LogP contribution in [0.5, 0.6) is 5.75 Å². The lowest BCUT2D eigenvalue weighted by Crippen LogP contribution is -2.26. The smallest absolute Gasteiger partial charge is 0.261 e. The van der Waals surface area contributed by atoms with Gasteiger partial charge in [-0.3, -0.25) is 9.48 Å². The van der Waals surface area contributed by atoms with Gasteiger partial charge in [0.05, 0.1) is 17.1 Å². The van der Waals surface area contributed by atoms with E-state index >= 15 is 0 Å². The number of aryl methyl sites for hydroxylation is 1. The number of amides is 1. The normalized spacial score (nSPS) is 12.0. The van der Waals surface area contributed by atoms with Gasteiger partial charge in [0.2, 0.25) is 0 Å². The Morgan fingerprint density at radius 1 is 1.42 bits per heavy atom. The largest absolute Gasteiger partial charge is 0.486 e. The molecule has 1 amide bonds. The van der Waals surface area contributed by atoms with E-state index in [1.54, 1.807) is 35.1 Å². The summed E-state index contributed by atoms with van der Waals surface area (Å²) in [6.45, 7) is 4.11. The monoisotopic (exact) mass is 373 g/mol.